The maximum absolute atomic E-state index is 14.6. The molecule has 194 valence electrons. The van der Waals surface area contributed by atoms with E-state index in [1.807, 2.05) is 27.7 Å². The van der Waals surface area contributed by atoms with E-state index in [9.17, 15) is 13.6 Å². The number of rotatable bonds is 5. The van der Waals surface area contributed by atoms with Gasteiger partial charge in [0.15, 0.2) is 11.6 Å². The number of carbonyl (C=O) groups excluding carboxylic acids is 1. The maximum atomic E-state index is 14.6. The number of hydrogen-bond donors (Lipinski definition) is 0. The lowest BCUT2D eigenvalue weighted by molar-refractivity contribution is -0.00767. The molecule has 1 amide bonds. The quantitative estimate of drug-likeness (QED) is 0.514. The minimum absolute atomic E-state index is 0.0231. The first-order chi connectivity index (χ1) is 17.1. The Bertz CT molecular complexity index is 1250. The zero-order valence-electron chi connectivity index (χ0n) is 21.1. The average molecular weight is 503 g/mol. The number of fused-ring (bicyclic) bond motifs is 1. The van der Waals surface area contributed by atoms with Crippen LogP contribution >= 0.6 is 0 Å². The molecule has 2 aliphatic rings. The summed E-state index contributed by atoms with van der Waals surface area (Å²) in [6.45, 7) is 11.7. The molecule has 5 rings (SSSR count). The molecular formula is C25H32F2N6O3. The van der Waals surface area contributed by atoms with E-state index in [0.717, 1.165) is 51.6 Å². The number of halogens is 2. The third kappa shape index (κ3) is 4.80. The predicted molar refractivity (Wildman–Crippen MR) is 128 cm³/mol. The number of benzene rings is 1. The van der Waals surface area contributed by atoms with E-state index in [0.29, 0.717) is 29.3 Å². The van der Waals surface area contributed by atoms with Crippen LogP contribution in [0.1, 0.15) is 58.0 Å². The fraction of sp³-hybridized carbons (Fsp3) is 0.600. The Morgan fingerprint density at radius 1 is 1.19 bits per heavy atom. The summed E-state index contributed by atoms with van der Waals surface area (Å²) < 4.78 is 40.7. The largest absolute Gasteiger partial charge is 0.444 e. The van der Waals surface area contributed by atoms with Gasteiger partial charge >= 0.3 is 6.09 Å². The highest BCUT2D eigenvalue weighted by atomic mass is 19.2. The van der Waals surface area contributed by atoms with Crippen LogP contribution in [0, 0.1) is 17.6 Å². The summed E-state index contributed by atoms with van der Waals surface area (Å²) in [7, 11) is 0. The first-order valence-corrected chi connectivity index (χ1v) is 12.5. The van der Waals surface area contributed by atoms with Crippen LogP contribution in [0.4, 0.5) is 13.6 Å². The molecule has 11 heteroatoms. The molecule has 9 nitrogen and oxygen atoms in total. The van der Waals surface area contributed by atoms with Gasteiger partial charge in [-0.15, -0.1) is 0 Å². The molecule has 2 aromatic heterocycles. The summed E-state index contributed by atoms with van der Waals surface area (Å²) in [4.78, 5) is 20.8. The highest BCUT2D eigenvalue weighted by molar-refractivity contribution is 5.83. The smallest absolute Gasteiger partial charge is 0.410 e. The van der Waals surface area contributed by atoms with Gasteiger partial charge in [-0.2, -0.15) is 14.8 Å². The molecule has 0 atom stereocenters. The summed E-state index contributed by atoms with van der Waals surface area (Å²) in [5.41, 5.74) is 0.186. The van der Waals surface area contributed by atoms with E-state index >= 15 is 0 Å². The number of likely N-dealkylation sites (tertiary alicyclic amines) is 2. The Morgan fingerprint density at radius 3 is 2.58 bits per heavy atom. The van der Waals surface area contributed by atoms with Gasteiger partial charge in [0.25, 0.3) is 5.95 Å². The molecule has 36 heavy (non-hydrogen) atoms. The van der Waals surface area contributed by atoms with Gasteiger partial charge in [-0.05, 0) is 70.4 Å². The van der Waals surface area contributed by atoms with Crippen molar-refractivity contribution in [2.45, 2.75) is 58.5 Å². The molecular weight excluding hydrogens is 470 g/mol. The highest BCUT2D eigenvalue weighted by Crippen LogP contribution is 2.30. The van der Waals surface area contributed by atoms with E-state index < -0.39 is 17.2 Å². The van der Waals surface area contributed by atoms with Crippen LogP contribution in [0.25, 0.3) is 16.9 Å². The second kappa shape index (κ2) is 9.42. The minimum atomic E-state index is -0.972. The zero-order valence-corrected chi connectivity index (χ0v) is 21.1. The third-order valence-electron chi connectivity index (χ3n) is 6.83. The molecule has 1 aromatic carbocycles. The molecule has 0 N–H and O–H groups in total. The number of piperidine rings is 1. The van der Waals surface area contributed by atoms with Crippen molar-refractivity contribution >= 4 is 17.0 Å². The summed E-state index contributed by atoms with van der Waals surface area (Å²) >= 11 is 0. The van der Waals surface area contributed by atoms with Crippen LogP contribution in [0.3, 0.4) is 0 Å². The van der Waals surface area contributed by atoms with Crippen molar-refractivity contribution in [1.29, 1.82) is 0 Å². The normalized spacial score (nSPS) is 18.1. The summed E-state index contributed by atoms with van der Waals surface area (Å²) in [5, 5.41) is 8.99. The van der Waals surface area contributed by atoms with E-state index in [-0.39, 0.29) is 23.5 Å². The SMILES string of the molecule is CCc1nn(-c2noc(C3CCN(CC4CN(C(=O)OC(C)(C)C)C4)CC3)n2)c2c(F)c(F)ccc12. The first kappa shape index (κ1) is 24.6. The fourth-order valence-corrected chi connectivity index (χ4v) is 4.98. The molecule has 2 saturated heterocycles. The molecule has 2 aliphatic heterocycles. The molecule has 0 unspecified atom stereocenters. The number of aryl methyl sites for hydroxylation is 1. The van der Waals surface area contributed by atoms with Crippen molar-refractivity contribution in [3.05, 3.63) is 35.4 Å². The van der Waals surface area contributed by atoms with E-state index in [2.05, 4.69) is 20.1 Å². The van der Waals surface area contributed by atoms with E-state index in [1.54, 1.807) is 4.90 Å². The van der Waals surface area contributed by atoms with Crippen molar-refractivity contribution in [2.24, 2.45) is 5.92 Å². The Hall–Kier alpha value is -3.08. The second-order valence-electron chi connectivity index (χ2n) is 10.7. The first-order valence-electron chi connectivity index (χ1n) is 12.5. The number of nitrogens with zero attached hydrogens (tertiary/aromatic N) is 6. The zero-order chi connectivity index (χ0) is 25.6. The van der Waals surface area contributed by atoms with Gasteiger partial charge in [-0.25, -0.2) is 13.6 Å². The Kier molecular flexibility index (Phi) is 6.44. The standard InChI is InChI=1S/C25H32F2N6O3/c1-5-19-17-6-7-18(26)20(27)21(17)33(29-19)23-28-22(36-30-23)16-8-10-31(11-9-16)12-15-13-32(14-15)24(34)35-25(2,3)4/h6-7,15-16H,5,8-14H2,1-4H3. The van der Waals surface area contributed by atoms with Crippen LogP contribution in [-0.4, -0.2) is 74.1 Å². The lowest BCUT2D eigenvalue weighted by atomic mass is 9.94. The molecule has 0 bridgehead atoms. The number of amides is 1. The molecule has 0 saturated carbocycles. The van der Waals surface area contributed by atoms with Crippen LogP contribution in [0.15, 0.2) is 16.7 Å². The fourth-order valence-electron chi connectivity index (χ4n) is 4.98. The predicted octanol–water partition coefficient (Wildman–Crippen LogP) is 4.30. The van der Waals surface area contributed by atoms with Gasteiger partial charge < -0.3 is 19.1 Å². The van der Waals surface area contributed by atoms with Crippen molar-refractivity contribution in [1.82, 2.24) is 29.7 Å². The third-order valence-corrected chi connectivity index (χ3v) is 6.83. The molecule has 2 fully saturated rings. The van der Waals surface area contributed by atoms with Gasteiger partial charge in [0.2, 0.25) is 5.89 Å². The summed E-state index contributed by atoms with van der Waals surface area (Å²) in [6, 6.07) is 2.64. The molecule has 0 radical (unpaired) electrons. The number of ether oxygens (including phenoxy) is 1. The van der Waals surface area contributed by atoms with E-state index in [4.69, 9.17) is 9.26 Å². The van der Waals surface area contributed by atoms with Crippen molar-refractivity contribution in [2.75, 3.05) is 32.7 Å². The van der Waals surface area contributed by atoms with Crippen molar-refractivity contribution < 1.29 is 22.8 Å². The van der Waals surface area contributed by atoms with Crippen molar-refractivity contribution in [3.63, 3.8) is 0 Å². The van der Waals surface area contributed by atoms with Crippen LogP contribution < -0.4 is 0 Å². The lowest BCUT2D eigenvalue weighted by Gasteiger charge is -2.43. The van der Waals surface area contributed by atoms with E-state index in [1.165, 1.54) is 10.7 Å². The van der Waals surface area contributed by atoms with Crippen LogP contribution in [0.2, 0.25) is 0 Å². The number of hydrogen-bond acceptors (Lipinski definition) is 7. The number of carbonyl (C=O) groups is 1. The molecule has 0 aliphatic carbocycles. The Balaban J connectivity index is 1.18. The summed E-state index contributed by atoms with van der Waals surface area (Å²) in [5.74, 6) is -0.777. The number of aromatic nitrogens is 4. The molecule has 4 heterocycles. The average Bonchev–Trinajstić information content (AvgIpc) is 3.42. The van der Waals surface area contributed by atoms with Gasteiger partial charge in [-0.1, -0.05) is 6.92 Å². The van der Waals surface area contributed by atoms with Crippen LogP contribution in [0.5, 0.6) is 0 Å². The monoisotopic (exact) mass is 502 g/mol. The molecule has 3 aromatic rings. The topological polar surface area (TPSA) is 89.5 Å². The minimum Gasteiger partial charge on any atom is -0.444 e. The Labute approximate surface area is 208 Å². The van der Waals surface area contributed by atoms with Crippen LogP contribution in [-0.2, 0) is 11.2 Å². The van der Waals surface area contributed by atoms with Gasteiger partial charge in [0, 0.05) is 36.9 Å². The highest BCUT2D eigenvalue weighted by Gasteiger charge is 2.36. The van der Waals surface area contributed by atoms with Crippen molar-refractivity contribution in [3.8, 4) is 5.95 Å². The van der Waals surface area contributed by atoms with Gasteiger partial charge in [0.1, 0.15) is 11.1 Å². The van der Waals surface area contributed by atoms with Gasteiger partial charge in [-0.3, -0.25) is 0 Å². The lowest BCUT2D eigenvalue weighted by Crippen LogP contribution is -2.55. The van der Waals surface area contributed by atoms with Gasteiger partial charge in [0.05, 0.1) is 5.69 Å². The summed E-state index contributed by atoms with van der Waals surface area (Å²) in [6.07, 6.45) is 2.03. The molecule has 0 spiro atoms. The second-order valence-corrected chi connectivity index (χ2v) is 10.7. The Morgan fingerprint density at radius 2 is 1.92 bits per heavy atom. The maximum Gasteiger partial charge on any atom is 0.410 e.